The van der Waals surface area contributed by atoms with Crippen LogP contribution in [0.4, 0.5) is 0 Å². The van der Waals surface area contributed by atoms with Crippen molar-refractivity contribution in [3.63, 3.8) is 0 Å². The van der Waals surface area contributed by atoms with Gasteiger partial charge in [-0.1, -0.05) is 0 Å². The fourth-order valence-electron chi connectivity index (χ4n) is 1.63. The van der Waals surface area contributed by atoms with E-state index in [-0.39, 0.29) is 0 Å². The van der Waals surface area contributed by atoms with Gasteiger partial charge < -0.3 is 5.43 Å². The minimum absolute atomic E-state index is 0.795. The summed E-state index contributed by atoms with van der Waals surface area (Å²) in [6, 6.07) is 6.10. The van der Waals surface area contributed by atoms with E-state index in [1.54, 1.807) is 0 Å². The molecule has 2 aromatic heterocycles. The number of hydrogen-bond donors (Lipinski definition) is 1. The molecule has 0 atom stereocenters. The number of rotatable bonds is 4. The first kappa shape index (κ1) is 9.83. The molecule has 80 valence electrons. The van der Waals surface area contributed by atoms with Crippen LogP contribution in [0.1, 0.15) is 18.3 Å². The van der Waals surface area contributed by atoms with Crippen molar-refractivity contribution in [3.8, 4) is 0 Å². The van der Waals surface area contributed by atoms with Crippen molar-refractivity contribution in [2.75, 3.05) is 5.43 Å². The lowest BCUT2D eigenvalue weighted by molar-refractivity contribution is 0.614. The summed E-state index contributed by atoms with van der Waals surface area (Å²) in [7, 11) is 0. The normalized spacial score (nSPS) is 10.5. The van der Waals surface area contributed by atoms with Crippen LogP contribution in [0.2, 0.25) is 0 Å². The molecule has 4 nitrogen and oxygen atoms in total. The van der Waals surface area contributed by atoms with Crippen LogP contribution in [0, 0.1) is 6.92 Å². The van der Waals surface area contributed by atoms with Crippen LogP contribution in [-0.2, 0) is 13.1 Å². The average molecular weight is 204 g/mol. The van der Waals surface area contributed by atoms with Crippen LogP contribution in [0.5, 0.6) is 0 Å². The number of aromatic nitrogens is 3. The van der Waals surface area contributed by atoms with Gasteiger partial charge in [0.1, 0.15) is 0 Å². The van der Waals surface area contributed by atoms with E-state index in [2.05, 4.69) is 23.5 Å². The summed E-state index contributed by atoms with van der Waals surface area (Å²) < 4.78 is 3.97. The van der Waals surface area contributed by atoms with Gasteiger partial charge in [0.25, 0.3) is 0 Å². The Kier molecular flexibility index (Phi) is 2.76. The van der Waals surface area contributed by atoms with Crippen molar-refractivity contribution in [2.45, 2.75) is 26.9 Å². The van der Waals surface area contributed by atoms with Crippen molar-refractivity contribution in [2.24, 2.45) is 0 Å². The summed E-state index contributed by atoms with van der Waals surface area (Å²) in [5.74, 6) is 0. The smallest absolute Gasteiger partial charge is 0.0733 e. The molecule has 15 heavy (non-hydrogen) atoms. The topological polar surface area (TPSA) is 34.8 Å². The molecule has 0 amide bonds. The second-order valence-electron chi connectivity index (χ2n) is 3.52. The second kappa shape index (κ2) is 4.21. The molecule has 1 N–H and O–H groups in total. The number of hydrogen-bond acceptors (Lipinski definition) is 2. The second-order valence-corrected chi connectivity index (χ2v) is 3.52. The highest BCUT2D eigenvalue weighted by atomic mass is 15.4. The summed E-state index contributed by atoms with van der Waals surface area (Å²) in [5.41, 5.74) is 5.57. The van der Waals surface area contributed by atoms with Gasteiger partial charge in [0, 0.05) is 18.9 Å². The summed E-state index contributed by atoms with van der Waals surface area (Å²) in [4.78, 5) is 0. The standard InChI is InChI=1S/C11H16N4/c1-3-15-11(8-10(2)13-15)9-12-14-6-4-5-7-14/h4-8,12H,3,9H2,1-2H3. The zero-order chi connectivity index (χ0) is 10.7. The van der Waals surface area contributed by atoms with Gasteiger partial charge in [-0.25, -0.2) is 0 Å². The first-order valence-corrected chi connectivity index (χ1v) is 5.20. The van der Waals surface area contributed by atoms with Crippen molar-refractivity contribution in [1.82, 2.24) is 14.5 Å². The van der Waals surface area contributed by atoms with Crippen LogP contribution in [0.25, 0.3) is 0 Å². The molecule has 0 fully saturated rings. The van der Waals surface area contributed by atoms with E-state index in [0.717, 1.165) is 18.8 Å². The zero-order valence-corrected chi connectivity index (χ0v) is 9.14. The fourth-order valence-corrected chi connectivity index (χ4v) is 1.63. The number of nitrogens with zero attached hydrogens (tertiary/aromatic N) is 3. The SMILES string of the molecule is CCn1nc(C)cc1CNn1cccc1. The summed E-state index contributed by atoms with van der Waals surface area (Å²) in [6.45, 7) is 5.83. The van der Waals surface area contributed by atoms with Gasteiger partial charge in [-0.2, -0.15) is 5.10 Å². The average Bonchev–Trinajstić information content (AvgIpc) is 2.83. The lowest BCUT2D eigenvalue weighted by Gasteiger charge is -2.08. The maximum absolute atomic E-state index is 4.40. The quantitative estimate of drug-likeness (QED) is 0.823. The molecule has 0 saturated heterocycles. The van der Waals surface area contributed by atoms with Crippen molar-refractivity contribution >= 4 is 0 Å². The predicted octanol–water partition coefficient (Wildman–Crippen LogP) is 1.76. The summed E-state index contributed by atoms with van der Waals surface area (Å²) >= 11 is 0. The predicted molar refractivity (Wildman–Crippen MR) is 60.1 cm³/mol. The molecule has 2 rings (SSSR count). The van der Waals surface area contributed by atoms with E-state index in [1.165, 1.54) is 5.69 Å². The maximum atomic E-state index is 4.40. The monoisotopic (exact) mass is 204 g/mol. The molecule has 0 saturated carbocycles. The minimum atomic E-state index is 0.795. The summed E-state index contributed by atoms with van der Waals surface area (Å²) in [6.07, 6.45) is 3.97. The Labute approximate surface area is 89.5 Å². The van der Waals surface area contributed by atoms with Crippen molar-refractivity contribution < 1.29 is 0 Å². The molecule has 0 aliphatic heterocycles. The van der Waals surface area contributed by atoms with E-state index >= 15 is 0 Å². The Morgan fingerprint density at radius 3 is 2.73 bits per heavy atom. The number of aryl methyl sites for hydroxylation is 2. The molecule has 0 aromatic carbocycles. The van der Waals surface area contributed by atoms with Gasteiger partial charge in [0.15, 0.2) is 0 Å². The van der Waals surface area contributed by atoms with Crippen LogP contribution in [0.15, 0.2) is 30.6 Å². The largest absolute Gasteiger partial charge is 0.320 e. The highest BCUT2D eigenvalue weighted by molar-refractivity contribution is 5.10. The minimum Gasteiger partial charge on any atom is -0.320 e. The van der Waals surface area contributed by atoms with E-state index in [1.807, 2.05) is 40.8 Å². The van der Waals surface area contributed by atoms with Gasteiger partial charge in [-0.3, -0.25) is 9.36 Å². The third-order valence-electron chi connectivity index (χ3n) is 2.33. The van der Waals surface area contributed by atoms with Crippen LogP contribution in [0.3, 0.4) is 0 Å². The van der Waals surface area contributed by atoms with Crippen LogP contribution >= 0.6 is 0 Å². The molecule has 0 spiro atoms. The van der Waals surface area contributed by atoms with Gasteiger partial charge in [-0.05, 0) is 32.0 Å². The van der Waals surface area contributed by atoms with E-state index in [4.69, 9.17) is 0 Å². The van der Waals surface area contributed by atoms with Crippen LogP contribution in [-0.4, -0.2) is 14.5 Å². The molecule has 2 aromatic rings. The molecule has 0 aliphatic carbocycles. The first-order valence-electron chi connectivity index (χ1n) is 5.20. The van der Waals surface area contributed by atoms with Crippen LogP contribution < -0.4 is 5.43 Å². The summed E-state index contributed by atoms with van der Waals surface area (Å²) in [5, 5.41) is 4.40. The Bertz CT molecular complexity index is 414. The highest BCUT2D eigenvalue weighted by Crippen LogP contribution is 2.03. The Hall–Kier alpha value is -1.71. The van der Waals surface area contributed by atoms with E-state index in [0.29, 0.717) is 0 Å². The van der Waals surface area contributed by atoms with E-state index < -0.39 is 0 Å². The lowest BCUT2D eigenvalue weighted by atomic mass is 10.4. The molecule has 4 heteroatoms. The van der Waals surface area contributed by atoms with E-state index in [9.17, 15) is 0 Å². The fraction of sp³-hybridized carbons (Fsp3) is 0.364. The highest BCUT2D eigenvalue weighted by Gasteiger charge is 2.02. The van der Waals surface area contributed by atoms with Gasteiger partial charge in [0.05, 0.1) is 17.9 Å². The van der Waals surface area contributed by atoms with Crippen molar-refractivity contribution in [3.05, 3.63) is 42.0 Å². The zero-order valence-electron chi connectivity index (χ0n) is 9.14. The molecule has 2 heterocycles. The molecule has 0 unspecified atom stereocenters. The molecule has 0 bridgehead atoms. The van der Waals surface area contributed by atoms with Gasteiger partial charge >= 0.3 is 0 Å². The molecular weight excluding hydrogens is 188 g/mol. The number of nitrogens with one attached hydrogen (secondary N) is 1. The molecular formula is C11H16N4. The molecule has 0 aliphatic rings. The Morgan fingerprint density at radius 2 is 2.07 bits per heavy atom. The Morgan fingerprint density at radius 1 is 1.33 bits per heavy atom. The van der Waals surface area contributed by atoms with Gasteiger partial charge in [-0.15, -0.1) is 0 Å². The Balaban J connectivity index is 2.04. The van der Waals surface area contributed by atoms with Crippen molar-refractivity contribution in [1.29, 1.82) is 0 Å². The molecule has 0 radical (unpaired) electrons. The third-order valence-corrected chi connectivity index (χ3v) is 2.33. The third kappa shape index (κ3) is 2.21. The van der Waals surface area contributed by atoms with Gasteiger partial charge in [0.2, 0.25) is 0 Å². The lowest BCUT2D eigenvalue weighted by Crippen LogP contribution is -2.15. The first-order chi connectivity index (χ1) is 7.29. The maximum Gasteiger partial charge on any atom is 0.0733 e.